The van der Waals surface area contributed by atoms with Crippen LogP contribution in [0.15, 0.2) is 23.1 Å². The maximum Gasteiger partial charge on any atom is 0.241 e. The molecule has 4 nitrogen and oxygen atoms in total. The van der Waals surface area contributed by atoms with Gasteiger partial charge in [0.15, 0.2) is 0 Å². The minimum atomic E-state index is -3.45. The van der Waals surface area contributed by atoms with Gasteiger partial charge < -0.3 is 5.11 Å². The first-order valence-electron chi connectivity index (χ1n) is 6.25. The van der Waals surface area contributed by atoms with Crippen LogP contribution in [0.3, 0.4) is 0 Å². The van der Waals surface area contributed by atoms with Crippen molar-refractivity contribution in [3.8, 4) is 11.8 Å². The molecule has 0 atom stereocenters. The van der Waals surface area contributed by atoms with Crippen molar-refractivity contribution >= 4 is 10.0 Å². The second kappa shape index (κ2) is 5.74. The molecule has 0 unspecified atom stereocenters. The largest absolute Gasteiger partial charge is 0.395 e. The summed E-state index contributed by atoms with van der Waals surface area (Å²) in [6, 6.07) is 5.22. The van der Waals surface area contributed by atoms with E-state index >= 15 is 0 Å². The highest BCUT2D eigenvalue weighted by molar-refractivity contribution is 7.89. The Labute approximate surface area is 113 Å². The van der Waals surface area contributed by atoms with Crippen molar-refractivity contribution in [3.63, 3.8) is 0 Å². The summed E-state index contributed by atoms with van der Waals surface area (Å²) in [5.41, 5.74) is 1.36. The maximum absolute atomic E-state index is 12.2. The molecule has 0 saturated heterocycles. The van der Waals surface area contributed by atoms with E-state index in [0.29, 0.717) is 17.5 Å². The lowest BCUT2D eigenvalue weighted by Crippen LogP contribution is -2.26. The Morgan fingerprint density at radius 2 is 2.16 bits per heavy atom. The second-order valence-corrected chi connectivity index (χ2v) is 6.33. The first-order valence-corrected chi connectivity index (χ1v) is 7.74. The first-order chi connectivity index (χ1) is 9.03. The van der Waals surface area contributed by atoms with E-state index in [-0.39, 0.29) is 17.5 Å². The lowest BCUT2D eigenvalue weighted by Gasteiger charge is -2.08. The smallest absolute Gasteiger partial charge is 0.241 e. The number of nitrogens with one attached hydrogen (secondary N) is 1. The van der Waals surface area contributed by atoms with Crippen LogP contribution in [0.25, 0.3) is 0 Å². The molecule has 2 N–H and O–H groups in total. The van der Waals surface area contributed by atoms with E-state index in [2.05, 4.69) is 16.6 Å². The number of hydrogen-bond donors (Lipinski definition) is 2. The summed E-state index contributed by atoms with van der Waals surface area (Å²) in [6.45, 7) is 1.78. The van der Waals surface area contributed by atoms with Crippen LogP contribution in [0.4, 0.5) is 0 Å². The van der Waals surface area contributed by atoms with Crippen LogP contribution in [0.2, 0.25) is 0 Å². The molecule has 0 aromatic heterocycles. The molecular formula is C14H17NO3S. The molecule has 0 amide bonds. The van der Waals surface area contributed by atoms with Gasteiger partial charge in [0.05, 0.1) is 11.5 Å². The molecule has 1 aromatic rings. The second-order valence-electron chi connectivity index (χ2n) is 4.65. The van der Waals surface area contributed by atoms with E-state index in [1.807, 2.05) is 0 Å². The Kier molecular flexibility index (Phi) is 4.25. The number of benzene rings is 1. The molecule has 1 saturated carbocycles. The Hall–Kier alpha value is -1.35. The predicted octanol–water partition coefficient (Wildman–Crippen LogP) is 1.17. The zero-order chi connectivity index (χ0) is 13.9. The van der Waals surface area contributed by atoms with Gasteiger partial charge in [0.2, 0.25) is 10.0 Å². The van der Waals surface area contributed by atoms with Gasteiger partial charge >= 0.3 is 0 Å². The van der Waals surface area contributed by atoms with Gasteiger partial charge in [-0.25, -0.2) is 13.1 Å². The van der Waals surface area contributed by atoms with E-state index in [0.717, 1.165) is 12.8 Å². The van der Waals surface area contributed by atoms with Crippen molar-refractivity contribution in [1.29, 1.82) is 0 Å². The average molecular weight is 279 g/mol. The fourth-order valence-corrected chi connectivity index (χ4v) is 3.25. The van der Waals surface area contributed by atoms with Crippen molar-refractivity contribution in [2.24, 2.45) is 0 Å². The number of sulfonamides is 1. The van der Waals surface area contributed by atoms with E-state index in [1.165, 1.54) is 0 Å². The number of aryl methyl sites for hydroxylation is 1. The fraction of sp³-hybridized carbons (Fsp3) is 0.429. The lowest BCUT2D eigenvalue weighted by atomic mass is 10.1. The topological polar surface area (TPSA) is 66.4 Å². The minimum Gasteiger partial charge on any atom is -0.395 e. The quantitative estimate of drug-likeness (QED) is 0.813. The highest BCUT2D eigenvalue weighted by atomic mass is 32.2. The van der Waals surface area contributed by atoms with Crippen molar-refractivity contribution < 1.29 is 13.5 Å². The standard InChI is InChI=1S/C14H17NO3S/c1-11-5-6-12(4-2-3-9-16)10-14(11)19(17,18)15-13-7-8-13/h5-6,10,13,15-16H,3,7-9H2,1H3. The van der Waals surface area contributed by atoms with Crippen LogP contribution in [0.1, 0.15) is 30.4 Å². The molecule has 0 heterocycles. The van der Waals surface area contributed by atoms with E-state index in [9.17, 15) is 8.42 Å². The molecule has 0 aliphatic heterocycles. The Bertz CT molecular complexity index is 622. The Morgan fingerprint density at radius 1 is 1.42 bits per heavy atom. The monoisotopic (exact) mass is 279 g/mol. The van der Waals surface area contributed by atoms with Gasteiger partial charge in [0, 0.05) is 18.0 Å². The molecule has 1 aliphatic carbocycles. The predicted molar refractivity (Wildman–Crippen MR) is 73.1 cm³/mol. The summed E-state index contributed by atoms with van der Waals surface area (Å²) >= 11 is 0. The molecule has 0 radical (unpaired) electrons. The molecular weight excluding hydrogens is 262 g/mol. The first kappa shape index (κ1) is 14.1. The van der Waals surface area contributed by atoms with Crippen LogP contribution >= 0.6 is 0 Å². The third kappa shape index (κ3) is 3.80. The van der Waals surface area contributed by atoms with Gasteiger partial charge in [0.1, 0.15) is 0 Å². The number of aliphatic hydroxyl groups is 1. The SMILES string of the molecule is Cc1ccc(C#CCCO)cc1S(=O)(=O)NC1CC1. The van der Waals surface area contributed by atoms with Crippen molar-refractivity contribution in [1.82, 2.24) is 4.72 Å². The molecule has 0 spiro atoms. The van der Waals surface area contributed by atoms with Crippen molar-refractivity contribution in [2.75, 3.05) is 6.61 Å². The zero-order valence-corrected chi connectivity index (χ0v) is 11.6. The maximum atomic E-state index is 12.2. The average Bonchev–Trinajstić information content (AvgIpc) is 3.14. The van der Waals surface area contributed by atoms with Gasteiger partial charge in [-0.3, -0.25) is 0 Å². The summed E-state index contributed by atoms with van der Waals surface area (Å²) in [7, 11) is -3.45. The van der Waals surface area contributed by atoms with E-state index in [1.54, 1.807) is 25.1 Å². The number of aliphatic hydroxyl groups excluding tert-OH is 1. The van der Waals surface area contributed by atoms with Gasteiger partial charge in [-0.2, -0.15) is 0 Å². The third-order valence-corrected chi connectivity index (χ3v) is 4.51. The van der Waals surface area contributed by atoms with E-state index < -0.39 is 10.0 Å². The normalized spacial score (nSPS) is 14.8. The van der Waals surface area contributed by atoms with Crippen LogP contribution < -0.4 is 4.72 Å². The third-order valence-electron chi connectivity index (χ3n) is 2.85. The molecule has 1 aromatic carbocycles. The Morgan fingerprint density at radius 3 is 2.79 bits per heavy atom. The molecule has 0 bridgehead atoms. The van der Waals surface area contributed by atoms with Crippen molar-refractivity contribution in [3.05, 3.63) is 29.3 Å². The van der Waals surface area contributed by atoms with Gasteiger partial charge in [-0.05, 0) is 37.5 Å². The molecule has 2 rings (SSSR count). The number of rotatable bonds is 4. The zero-order valence-electron chi connectivity index (χ0n) is 10.8. The molecule has 5 heteroatoms. The lowest BCUT2D eigenvalue weighted by molar-refractivity contribution is 0.305. The molecule has 1 aliphatic rings. The molecule has 1 fully saturated rings. The van der Waals surface area contributed by atoms with Crippen LogP contribution in [-0.2, 0) is 10.0 Å². The Balaban J connectivity index is 2.29. The van der Waals surface area contributed by atoms with E-state index in [4.69, 9.17) is 5.11 Å². The summed E-state index contributed by atoms with van der Waals surface area (Å²) in [4.78, 5) is 0.287. The number of hydrogen-bond acceptors (Lipinski definition) is 3. The highest BCUT2D eigenvalue weighted by Gasteiger charge is 2.28. The summed E-state index contributed by atoms with van der Waals surface area (Å²) in [6.07, 6.45) is 2.21. The summed E-state index contributed by atoms with van der Waals surface area (Å²) in [5.74, 6) is 5.64. The minimum absolute atomic E-state index is 0.00720. The molecule has 102 valence electrons. The van der Waals surface area contributed by atoms with Gasteiger partial charge in [0.25, 0.3) is 0 Å². The van der Waals surface area contributed by atoms with Crippen molar-refractivity contribution in [2.45, 2.75) is 37.1 Å². The van der Waals surface area contributed by atoms with Crippen LogP contribution in [0, 0.1) is 18.8 Å². The van der Waals surface area contributed by atoms with Gasteiger partial charge in [-0.1, -0.05) is 17.9 Å². The fourth-order valence-electron chi connectivity index (χ4n) is 1.67. The highest BCUT2D eigenvalue weighted by Crippen LogP contribution is 2.24. The molecule has 19 heavy (non-hydrogen) atoms. The van der Waals surface area contributed by atoms with Crippen LogP contribution in [-0.4, -0.2) is 26.2 Å². The van der Waals surface area contributed by atoms with Gasteiger partial charge in [-0.15, -0.1) is 0 Å². The van der Waals surface area contributed by atoms with Crippen LogP contribution in [0.5, 0.6) is 0 Å². The summed E-state index contributed by atoms with van der Waals surface area (Å²) in [5, 5.41) is 8.67. The summed E-state index contributed by atoms with van der Waals surface area (Å²) < 4.78 is 27.0.